The van der Waals surface area contributed by atoms with E-state index in [-0.39, 0.29) is 0 Å². The summed E-state index contributed by atoms with van der Waals surface area (Å²) in [6.07, 6.45) is 5.84. The number of nitrogens with two attached hydrogens (primary N) is 1. The van der Waals surface area contributed by atoms with Crippen LogP contribution in [-0.4, -0.2) is 23.0 Å². The average molecular weight is 191 g/mol. The fraction of sp³-hybridized carbons (Fsp3) is 0.545. The summed E-state index contributed by atoms with van der Waals surface area (Å²) < 4.78 is 0. The Kier molecular flexibility index (Phi) is 2.99. The second-order valence-corrected chi connectivity index (χ2v) is 3.93. The molecule has 0 aliphatic carbocycles. The lowest BCUT2D eigenvalue weighted by atomic mass is 10.1. The Hall–Kier alpha value is -1.09. The topological polar surface area (TPSA) is 42.1 Å². The van der Waals surface area contributed by atoms with Gasteiger partial charge >= 0.3 is 0 Å². The Balaban J connectivity index is 1.95. The van der Waals surface area contributed by atoms with E-state index in [0.29, 0.717) is 5.82 Å². The summed E-state index contributed by atoms with van der Waals surface area (Å²) in [5, 5.41) is 0. The van der Waals surface area contributed by atoms with Crippen LogP contribution >= 0.6 is 0 Å². The lowest BCUT2D eigenvalue weighted by molar-refractivity contribution is 0.221. The van der Waals surface area contributed by atoms with Gasteiger partial charge in [-0.3, -0.25) is 4.90 Å². The summed E-state index contributed by atoms with van der Waals surface area (Å²) in [5.74, 6) is 0.625. The highest BCUT2D eigenvalue weighted by atomic mass is 15.1. The van der Waals surface area contributed by atoms with Crippen molar-refractivity contribution in [1.29, 1.82) is 0 Å². The number of likely N-dealkylation sites (tertiary alicyclic amines) is 1. The molecular weight excluding hydrogens is 174 g/mol. The molecule has 1 aliphatic heterocycles. The average Bonchev–Trinajstić information content (AvgIpc) is 2.19. The first kappa shape index (κ1) is 9.46. The molecule has 1 aromatic heterocycles. The van der Waals surface area contributed by atoms with Crippen LogP contribution in [0.25, 0.3) is 0 Å². The molecule has 0 spiro atoms. The maximum absolute atomic E-state index is 5.63. The van der Waals surface area contributed by atoms with Gasteiger partial charge in [-0.05, 0) is 43.6 Å². The molecule has 0 amide bonds. The molecule has 1 fully saturated rings. The highest BCUT2D eigenvalue weighted by molar-refractivity contribution is 5.31. The fourth-order valence-electron chi connectivity index (χ4n) is 1.97. The zero-order valence-electron chi connectivity index (χ0n) is 8.45. The zero-order valence-corrected chi connectivity index (χ0v) is 8.45. The number of nitrogen functional groups attached to an aromatic ring is 1. The number of piperidine rings is 1. The Bertz CT molecular complexity index is 292. The van der Waals surface area contributed by atoms with Gasteiger partial charge in [0.1, 0.15) is 5.82 Å². The van der Waals surface area contributed by atoms with E-state index >= 15 is 0 Å². The van der Waals surface area contributed by atoms with Crippen LogP contribution in [0, 0.1) is 0 Å². The third-order valence-electron chi connectivity index (χ3n) is 2.70. The smallest absolute Gasteiger partial charge is 0.123 e. The van der Waals surface area contributed by atoms with Gasteiger partial charge in [0.2, 0.25) is 0 Å². The van der Waals surface area contributed by atoms with Crippen LogP contribution in [0.2, 0.25) is 0 Å². The minimum Gasteiger partial charge on any atom is -0.384 e. The van der Waals surface area contributed by atoms with Gasteiger partial charge in [-0.2, -0.15) is 0 Å². The maximum Gasteiger partial charge on any atom is 0.123 e. The summed E-state index contributed by atoms with van der Waals surface area (Å²) in [4.78, 5) is 6.48. The van der Waals surface area contributed by atoms with Crippen LogP contribution in [0.5, 0.6) is 0 Å². The van der Waals surface area contributed by atoms with Crippen molar-refractivity contribution in [3.63, 3.8) is 0 Å². The molecule has 3 nitrogen and oxygen atoms in total. The number of rotatable bonds is 2. The van der Waals surface area contributed by atoms with Crippen molar-refractivity contribution in [2.24, 2.45) is 0 Å². The van der Waals surface area contributed by atoms with Crippen molar-refractivity contribution in [3.8, 4) is 0 Å². The van der Waals surface area contributed by atoms with E-state index in [1.165, 1.54) is 37.9 Å². The van der Waals surface area contributed by atoms with Gasteiger partial charge in [0.15, 0.2) is 0 Å². The van der Waals surface area contributed by atoms with Crippen LogP contribution in [0.3, 0.4) is 0 Å². The van der Waals surface area contributed by atoms with E-state index in [2.05, 4.69) is 9.88 Å². The number of nitrogens with zero attached hydrogens (tertiary/aromatic N) is 2. The molecule has 0 radical (unpaired) electrons. The lowest BCUT2D eigenvalue weighted by Crippen LogP contribution is -2.29. The summed E-state index contributed by atoms with van der Waals surface area (Å²) >= 11 is 0. The van der Waals surface area contributed by atoms with E-state index in [1.54, 1.807) is 6.20 Å². The molecule has 3 heteroatoms. The van der Waals surface area contributed by atoms with Crippen LogP contribution in [0.1, 0.15) is 24.8 Å². The highest BCUT2D eigenvalue weighted by Crippen LogP contribution is 2.13. The molecule has 0 saturated carbocycles. The molecule has 14 heavy (non-hydrogen) atoms. The van der Waals surface area contributed by atoms with E-state index in [4.69, 9.17) is 5.73 Å². The van der Waals surface area contributed by atoms with Gasteiger partial charge in [0, 0.05) is 12.7 Å². The van der Waals surface area contributed by atoms with Gasteiger partial charge in [-0.25, -0.2) is 4.98 Å². The summed E-state index contributed by atoms with van der Waals surface area (Å²) in [7, 11) is 0. The van der Waals surface area contributed by atoms with Crippen LogP contribution in [-0.2, 0) is 6.54 Å². The van der Waals surface area contributed by atoms with Crippen molar-refractivity contribution in [3.05, 3.63) is 23.9 Å². The second kappa shape index (κ2) is 4.42. The molecule has 76 valence electrons. The molecule has 0 aromatic carbocycles. The maximum atomic E-state index is 5.63. The third kappa shape index (κ3) is 2.45. The van der Waals surface area contributed by atoms with Gasteiger partial charge in [0.05, 0.1) is 0 Å². The molecule has 2 rings (SSSR count). The van der Waals surface area contributed by atoms with Crippen molar-refractivity contribution in [2.75, 3.05) is 18.8 Å². The van der Waals surface area contributed by atoms with Crippen LogP contribution in [0.15, 0.2) is 18.3 Å². The molecular formula is C11H17N3. The Morgan fingerprint density at radius 2 is 2.07 bits per heavy atom. The molecule has 0 bridgehead atoms. The monoisotopic (exact) mass is 191 g/mol. The van der Waals surface area contributed by atoms with E-state index in [0.717, 1.165) is 6.54 Å². The first-order valence-electron chi connectivity index (χ1n) is 5.27. The van der Waals surface area contributed by atoms with Crippen molar-refractivity contribution in [2.45, 2.75) is 25.8 Å². The molecule has 1 aliphatic rings. The largest absolute Gasteiger partial charge is 0.384 e. The molecule has 2 N–H and O–H groups in total. The van der Waals surface area contributed by atoms with Gasteiger partial charge in [-0.1, -0.05) is 6.42 Å². The first-order valence-corrected chi connectivity index (χ1v) is 5.27. The molecule has 0 unspecified atom stereocenters. The molecule has 1 saturated heterocycles. The predicted octanol–water partition coefficient (Wildman–Crippen LogP) is 1.65. The first-order chi connectivity index (χ1) is 6.84. The van der Waals surface area contributed by atoms with Gasteiger partial charge < -0.3 is 5.73 Å². The SMILES string of the molecule is Nc1cc(CN2CCCCC2)ccn1. The summed E-state index contributed by atoms with van der Waals surface area (Å²) in [6.45, 7) is 3.47. The zero-order chi connectivity index (χ0) is 9.80. The Labute approximate surface area is 84.9 Å². The normalized spacial score (nSPS) is 18.3. The number of hydrogen-bond acceptors (Lipinski definition) is 3. The minimum absolute atomic E-state index is 0.625. The standard InChI is InChI=1S/C11H17N3/c12-11-8-10(4-5-13-11)9-14-6-2-1-3-7-14/h4-5,8H,1-3,6-7,9H2,(H2,12,13). The Morgan fingerprint density at radius 3 is 2.79 bits per heavy atom. The quantitative estimate of drug-likeness (QED) is 0.773. The lowest BCUT2D eigenvalue weighted by Gasteiger charge is -2.26. The number of aromatic nitrogens is 1. The van der Waals surface area contributed by atoms with Gasteiger partial charge in [0.25, 0.3) is 0 Å². The van der Waals surface area contributed by atoms with Crippen molar-refractivity contribution >= 4 is 5.82 Å². The van der Waals surface area contributed by atoms with Gasteiger partial charge in [-0.15, -0.1) is 0 Å². The number of hydrogen-bond donors (Lipinski definition) is 1. The van der Waals surface area contributed by atoms with Crippen molar-refractivity contribution < 1.29 is 0 Å². The van der Waals surface area contributed by atoms with E-state index in [9.17, 15) is 0 Å². The molecule has 0 atom stereocenters. The molecule has 2 heterocycles. The fourth-order valence-corrected chi connectivity index (χ4v) is 1.97. The highest BCUT2D eigenvalue weighted by Gasteiger charge is 2.10. The summed E-state index contributed by atoms with van der Waals surface area (Å²) in [6, 6.07) is 4.01. The third-order valence-corrected chi connectivity index (χ3v) is 2.70. The van der Waals surface area contributed by atoms with Crippen LogP contribution in [0.4, 0.5) is 5.82 Å². The number of anilines is 1. The van der Waals surface area contributed by atoms with Crippen molar-refractivity contribution in [1.82, 2.24) is 9.88 Å². The Morgan fingerprint density at radius 1 is 1.29 bits per heavy atom. The van der Waals surface area contributed by atoms with E-state index < -0.39 is 0 Å². The number of pyridine rings is 1. The second-order valence-electron chi connectivity index (χ2n) is 3.93. The summed E-state index contributed by atoms with van der Waals surface area (Å²) in [5.41, 5.74) is 6.91. The molecule has 1 aromatic rings. The predicted molar refractivity (Wildman–Crippen MR) is 57.8 cm³/mol. The minimum atomic E-state index is 0.625. The van der Waals surface area contributed by atoms with Crippen LogP contribution < -0.4 is 5.73 Å². The van der Waals surface area contributed by atoms with E-state index in [1.807, 2.05) is 12.1 Å².